The highest BCUT2D eigenvalue weighted by Crippen LogP contribution is 2.32. The Hall–Kier alpha value is -3.22. The van der Waals surface area contributed by atoms with Gasteiger partial charge in [0.25, 0.3) is 0 Å². The first kappa shape index (κ1) is 18.6. The standard InChI is InChI=1S/C20H17F3N2O2/c1-13(26)25-17-7-5-16(6-8-17)24-12-18-9-10-19(27-18)14-3-2-4-15(11-14)20(21,22)23/h2-11,24H,12H2,1H3,(H,25,26). The summed E-state index contributed by atoms with van der Waals surface area (Å²) in [5.41, 5.74) is 1.17. The highest BCUT2D eigenvalue weighted by Gasteiger charge is 2.30. The van der Waals surface area contributed by atoms with E-state index in [4.69, 9.17) is 4.42 Å². The van der Waals surface area contributed by atoms with Gasteiger partial charge in [-0.1, -0.05) is 12.1 Å². The molecule has 0 spiro atoms. The molecule has 0 aliphatic carbocycles. The number of alkyl halides is 3. The van der Waals surface area contributed by atoms with E-state index in [0.717, 1.165) is 17.8 Å². The van der Waals surface area contributed by atoms with Crippen LogP contribution in [0.3, 0.4) is 0 Å². The van der Waals surface area contributed by atoms with Crippen molar-refractivity contribution < 1.29 is 22.4 Å². The average molecular weight is 374 g/mol. The van der Waals surface area contributed by atoms with E-state index in [9.17, 15) is 18.0 Å². The van der Waals surface area contributed by atoms with Gasteiger partial charge in [0.2, 0.25) is 5.91 Å². The molecule has 0 aliphatic rings. The Morgan fingerprint density at radius 2 is 1.70 bits per heavy atom. The maximum absolute atomic E-state index is 12.8. The molecule has 0 aliphatic heterocycles. The lowest BCUT2D eigenvalue weighted by Crippen LogP contribution is -2.05. The molecule has 0 saturated heterocycles. The molecule has 0 bridgehead atoms. The van der Waals surface area contributed by atoms with Crippen molar-refractivity contribution in [2.45, 2.75) is 19.6 Å². The van der Waals surface area contributed by atoms with Gasteiger partial charge in [-0.25, -0.2) is 0 Å². The number of anilines is 2. The zero-order chi connectivity index (χ0) is 19.4. The van der Waals surface area contributed by atoms with Crippen molar-refractivity contribution in [2.75, 3.05) is 10.6 Å². The van der Waals surface area contributed by atoms with Gasteiger partial charge in [-0.2, -0.15) is 13.2 Å². The number of carbonyl (C=O) groups excluding carboxylic acids is 1. The molecule has 2 N–H and O–H groups in total. The van der Waals surface area contributed by atoms with Crippen molar-refractivity contribution in [3.8, 4) is 11.3 Å². The smallest absolute Gasteiger partial charge is 0.416 e. The number of hydrogen-bond donors (Lipinski definition) is 2. The van der Waals surface area contributed by atoms with E-state index in [2.05, 4.69) is 10.6 Å². The lowest BCUT2D eigenvalue weighted by atomic mass is 10.1. The van der Waals surface area contributed by atoms with Crippen LogP contribution in [0.15, 0.2) is 65.1 Å². The van der Waals surface area contributed by atoms with Gasteiger partial charge in [-0.3, -0.25) is 4.79 Å². The van der Waals surface area contributed by atoms with E-state index < -0.39 is 11.7 Å². The lowest BCUT2D eigenvalue weighted by molar-refractivity contribution is -0.137. The first-order valence-electron chi connectivity index (χ1n) is 8.19. The quantitative estimate of drug-likeness (QED) is 0.617. The van der Waals surface area contributed by atoms with Crippen molar-refractivity contribution >= 4 is 17.3 Å². The second-order valence-electron chi connectivity index (χ2n) is 5.96. The molecule has 0 atom stereocenters. The zero-order valence-electron chi connectivity index (χ0n) is 14.4. The summed E-state index contributed by atoms with van der Waals surface area (Å²) in [6.45, 7) is 1.81. The SMILES string of the molecule is CC(=O)Nc1ccc(NCc2ccc(-c3cccc(C(F)(F)F)c3)o2)cc1. The largest absolute Gasteiger partial charge is 0.459 e. The first-order chi connectivity index (χ1) is 12.8. The van der Waals surface area contributed by atoms with Crippen LogP contribution < -0.4 is 10.6 Å². The average Bonchev–Trinajstić information content (AvgIpc) is 3.09. The highest BCUT2D eigenvalue weighted by molar-refractivity contribution is 5.88. The summed E-state index contributed by atoms with van der Waals surface area (Å²) in [4.78, 5) is 11.0. The number of furan rings is 1. The van der Waals surface area contributed by atoms with Crippen LogP contribution >= 0.6 is 0 Å². The molecule has 1 heterocycles. The molecule has 1 aromatic heterocycles. The summed E-state index contributed by atoms with van der Waals surface area (Å²) in [6, 6.07) is 15.5. The van der Waals surface area contributed by atoms with Crippen LogP contribution in [-0.2, 0) is 17.5 Å². The molecule has 3 aromatic rings. The van der Waals surface area contributed by atoms with E-state index in [0.29, 0.717) is 29.3 Å². The summed E-state index contributed by atoms with van der Waals surface area (Å²) < 4.78 is 44.1. The third-order valence-corrected chi connectivity index (χ3v) is 3.81. The predicted octanol–water partition coefficient (Wildman–Crippen LogP) is 5.54. The molecule has 4 nitrogen and oxygen atoms in total. The number of benzene rings is 2. The predicted molar refractivity (Wildman–Crippen MR) is 97.2 cm³/mol. The topological polar surface area (TPSA) is 54.3 Å². The van der Waals surface area contributed by atoms with Crippen LogP contribution in [0.4, 0.5) is 24.5 Å². The normalized spacial score (nSPS) is 11.3. The maximum Gasteiger partial charge on any atom is 0.416 e. The molecule has 2 aromatic carbocycles. The number of rotatable bonds is 5. The number of amides is 1. The summed E-state index contributed by atoms with van der Waals surface area (Å²) in [5.74, 6) is 0.820. The van der Waals surface area contributed by atoms with Crippen molar-refractivity contribution in [1.29, 1.82) is 0 Å². The molecule has 0 unspecified atom stereocenters. The van der Waals surface area contributed by atoms with E-state index >= 15 is 0 Å². The van der Waals surface area contributed by atoms with Gasteiger partial charge in [-0.05, 0) is 48.5 Å². The van der Waals surface area contributed by atoms with E-state index in [1.807, 2.05) is 12.1 Å². The molecule has 0 saturated carbocycles. The monoisotopic (exact) mass is 374 g/mol. The number of hydrogen-bond acceptors (Lipinski definition) is 3. The Kier molecular flexibility index (Phi) is 5.21. The van der Waals surface area contributed by atoms with Gasteiger partial charge in [-0.15, -0.1) is 0 Å². The molecule has 1 amide bonds. The molecule has 3 rings (SSSR count). The second kappa shape index (κ2) is 7.57. The Morgan fingerprint density at radius 3 is 2.37 bits per heavy atom. The van der Waals surface area contributed by atoms with Crippen LogP contribution in [0.25, 0.3) is 11.3 Å². The third kappa shape index (κ3) is 4.91. The van der Waals surface area contributed by atoms with E-state index in [1.54, 1.807) is 30.3 Å². The lowest BCUT2D eigenvalue weighted by Gasteiger charge is -2.08. The van der Waals surface area contributed by atoms with Crippen LogP contribution in [0, 0.1) is 0 Å². The Bertz CT molecular complexity index is 931. The minimum atomic E-state index is -4.39. The minimum absolute atomic E-state index is 0.145. The fourth-order valence-electron chi connectivity index (χ4n) is 2.54. The van der Waals surface area contributed by atoms with Crippen molar-refractivity contribution in [3.05, 3.63) is 72.0 Å². The molecule has 0 fully saturated rings. The zero-order valence-corrected chi connectivity index (χ0v) is 14.4. The van der Waals surface area contributed by atoms with Crippen molar-refractivity contribution in [2.24, 2.45) is 0 Å². The summed E-state index contributed by atoms with van der Waals surface area (Å²) in [7, 11) is 0. The fourth-order valence-corrected chi connectivity index (χ4v) is 2.54. The van der Waals surface area contributed by atoms with Gasteiger partial charge in [0.05, 0.1) is 12.1 Å². The van der Waals surface area contributed by atoms with Crippen molar-refractivity contribution in [1.82, 2.24) is 0 Å². The van der Waals surface area contributed by atoms with Gasteiger partial charge in [0, 0.05) is 23.9 Å². The summed E-state index contributed by atoms with van der Waals surface area (Å²) >= 11 is 0. The molecule has 7 heteroatoms. The van der Waals surface area contributed by atoms with Crippen LogP contribution in [0.5, 0.6) is 0 Å². The highest BCUT2D eigenvalue weighted by atomic mass is 19.4. The Balaban J connectivity index is 1.65. The number of nitrogens with one attached hydrogen (secondary N) is 2. The summed E-state index contributed by atoms with van der Waals surface area (Å²) in [6.07, 6.45) is -4.39. The van der Waals surface area contributed by atoms with Crippen LogP contribution in [0.1, 0.15) is 18.2 Å². The van der Waals surface area contributed by atoms with Crippen molar-refractivity contribution in [3.63, 3.8) is 0 Å². The van der Waals surface area contributed by atoms with E-state index in [1.165, 1.54) is 13.0 Å². The minimum Gasteiger partial charge on any atom is -0.459 e. The number of carbonyl (C=O) groups is 1. The molecule has 0 radical (unpaired) electrons. The van der Waals surface area contributed by atoms with Crippen LogP contribution in [0.2, 0.25) is 0 Å². The van der Waals surface area contributed by atoms with Gasteiger partial charge in [0.15, 0.2) is 0 Å². The van der Waals surface area contributed by atoms with Crippen LogP contribution in [-0.4, -0.2) is 5.91 Å². The molecular formula is C20H17F3N2O2. The van der Waals surface area contributed by atoms with Gasteiger partial charge < -0.3 is 15.1 Å². The first-order valence-corrected chi connectivity index (χ1v) is 8.19. The molecular weight excluding hydrogens is 357 g/mol. The Morgan fingerprint density at radius 1 is 1.00 bits per heavy atom. The summed E-state index contributed by atoms with van der Waals surface area (Å²) in [5, 5.41) is 5.83. The maximum atomic E-state index is 12.8. The number of halogens is 3. The van der Waals surface area contributed by atoms with Gasteiger partial charge >= 0.3 is 6.18 Å². The van der Waals surface area contributed by atoms with Gasteiger partial charge in [0.1, 0.15) is 11.5 Å². The molecule has 27 heavy (non-hydrogen) atoms. The molecule has 140 valence electrons. The third-order valence-electron chi connectivity index (χ3n) is 3.81. The van der Waals surface area contributed by atoms with E-state index in [-0.39, 0.29) is 5.91 Å². The Labute approximate surface area is 154 Å². The fraction of sp³-hybridized carbons (Fsp3) is 0.150. The second-order valence-corrected chi connectivity index (χ2v) is 5.96.